The largest absolute Gasteiger partial charge is 0.338 e. The number of nitrogens with zero attached hydrogens (tertiary/aromatic N) is 5. The first-order valence-corrected chi connectivity index (χ1v) is 11.3. The van der Waals surface area contributed by atoms with Crippen molar-refractivity contribution < 1.29 is 4.79 Å². The van der Waals surface area contributed by atoms with Crippen LogP contribution in [0.2, 0.25) is 0 Å². The van der Waals surface area contributed by atoms with E-state index in [1.165, 1.54) is 5.56 Å². The van der Waals surface area contributed by atoms with Crippen LogP contribution in [0.4, 0.5) is 4.79 Å². The van der Waals surface area contributed by atoms with Gasteiger partial charge in [-0.25, -0.2) is 14.6 Å². The topological polar surface area (TPSA) is 96.2 Å². The summed E-state index contributed by atoms with van der Waals surface area (Å²) in [5.74, 6) is 0. The number of carbonyl (C=O) groups excluding carboxylic acids is 1. The van der Waals surface area contributed by atoms with Crippen LogP contribution in [0, 0.1) is 0 Å². The van der Waals surface area contributed by atoms with E-state index in [4.69, 9.17) is 0 Å². The Hall–Kier alpha value is -3.20. The molecular weight excluding hydrogens is 408 g/mol. The summed E-state index contributed by atoms with van der Waals surface area (Å²) in [6, 6.07) is 10.1. The fraction of sp³-hybridized carbons (Fsp3) is 0.478. The van der Waals surface area contributed by atoms with E-state index in [1.807, 2.05) is 24.5 Å². The number of amides is 1. The van der Waals surface area contributed by atoms with Crippen LogP contribution >= 0.6 is 0 Å². The summed E-state index contributed by atoms with van der Waals surface area (Å²) in [6.07, 6.45) is 4.32. The van der Waals surface area contributed by atoms with E-state index in [0.29, 0.717) is 18.7 Å². The summed E-state index contributed by atoms with van der Waals surface area (Å²) in [6.45, 7) is 7.47. The molecule has 0 atom stereocenters. The van der Waals surface area contributed by atoms with Crippen LogP contribution in [0.3, 0.4) is 0 Å². The number of hydrogen-bond donors (Lipinski definition) is 1. The zero-order valence-electron chi connectivity index (χ0n) is 18.7. The first kappa shape index (κ1) is 22.0. The lowest BCUT2D eigenvalue weighted by Crippen LogP contribution is -2.43. The SMILES string of the molecule is CCN(CC)C(=O)n1c(=O)[nH]c(=O)c2ncn(C3CCN(CCc4ccccc4)CC3)c21. The molecule has 0 radical (unpaired) electrons. The van der Waals surface area contributed by atoms with Crippen molar-refractivity contribution in [1.29, 1.82) is 0 Å². The highest BCUT2D eigenvalue weighted by molar-refractivity contribution is 5.86. The smallest absolute Gasteiger partial charge is 0.324 e. The third-order valence-corrected chi connectivity index (χ3v) is 6.35. The number of likely N-dealkylation sites (tertiary alicyclic amines) is 1. The number of benzene rings is 1. The van der Waals surface area contributed by atoms with Crippen LogP contribution in [0.15, 0.2) is 46.2 Å². The molecule has 1 aromatic carbocycles. The quantitative estimate of drug-likeness (QED) is 0.636. The van der Waals surface area contributed by atoms with Gasteiger partial charge in [-0.3, -0.25) is 9.78 Å². The average molecular weight is 439 g/mol. The second-order valence-corrected chi connectivity index (χ2v) is 8.18. The molecular formula is C23H30N6O3. The molecule has 1 amide bonds. The summed E-state index contributed by atoms with van der Waals surface area (Å²) in [4.78, 5) is 48.6. The molecule has 0 saturated carbocycles. The first-order chi connectivity index (χ1) is 15.5. The molecule has 1 fully saturated rings. The zero-order chi connectivity index (χ0) is 22.7. The van der Waals surface area contributed by atoms with E-state index in [9.17, 15) is 14.4 Å². The van der Waals surface area contributed by atoms with Gasteiger partial charge in [0.25, 0.3) is 5.56 Å². The lowest BCUT2D eigenvalue weighted by atomic mass is 10.0. The molecule has 0 unspecified atom stereocenters. The minimum atomic E-state index is -0.721. The van der Waals surface area contributed by atoms with Gasteiger partial charge >= 0.3 is 11.7 Å². The molecule has 3 heterocycles. The molecule has 4 rings (SSSR count). The van der Waals surface area contributed by atoms with Crippen LogP contribution in [0.25, 0.3) is 11.2 Å². The summed E-state index contributed by atoms with van der Waals surface area (Å²) >= 11 is 0. The Labute approximate surface area is 186 Å². The van der Waals surface area contributed by atoms with Gasteiger partial charge in [0.15, 0.2) is 11.2 Å². The molecule has 9 nitrogen and oxygen atoms in total. The molecule has 9 heteroatoms. The van der Waals surface area contributed by atoms with Gasteiger partial charge in [0.2, 0.25) is 0 Å². The molecule has 1 aliphatic rings. The standard InChI is InChI=1S/C23H30N6O3/c1-3-27(4-2)23(32)29-21-19(20(30)25-22(29)31)24-16-28(21)18-11-14-26(15-12-18)13-10-17-8-6-5-7-9-17/h5-9,16,18H,3-4,10-15H2,1-2H3,(H,25,30,31). The third kappa shape index (κ3) is 4.25. The molecule has 32 heavy (non-hydrogen) atoms. The second kappa shape index (κ2) is 9.52. The highest BCUT2D eigenvalue weighted by atomic mass is 16.2. The second-order valence-electron chi connectivity index (χ2n) is 8.18. The molecule has 0 bridgehead atoms. The molecule has 0 spiro atoms. The number of rotatable bonds is 6. The summed E-state index contributed by atoms with van der Waals surface area (Å²) in [7, 11) is 0. The number of carbonyl (C=O) groups is 1. The Kier molecular flexibility index (Phi) is 6.55. The van der Waals surface area contributed by atoms with E-state index in [2.05, 4.69) is 39.1 Å². The average Bonchev–Trinajstić information content (AvgIpc) is 3.25. The number of H-pyrrole nitrogens is 1. The maximum atomic E-state index is 13.1. The van der Waals surface area contributed by atoms with Gasteiger partial charge in [-0.1, -0.05) is 30.3 Å². The fourth-order valence-electron chi connectivity index (χ4n) is 4.48. The van der Waals surface area contributed by atoms with Crippen LogP contribution < -0.4 is 11.2 Å². The first-order valence-electron chi connectivity index (χ1n) is 11.3. The lowest BCUT2D eigenvalue weighted by molar-refractivity contribution is 0.188. The van der Waals surface area contributed by atoms with Crippen molar-refractivity contribution in [3.8, 4) is 0 Å². The number of aromatic amines is 1. The molecule has 170 valence electrons. The van der Waals surface area contributed by atoms with Crippen molar-refractivity contribution in [2.75, 3.05) is 32.7 Å². The van der Waals surface area contributed by atoms with Crippen molar-refractivity contribution in [2.45, 2.75) is 39.2 Å². The molecule has 2 aromatic heterocycles. The molecule has 0 aliphatic carbocycles. The van der Waals surface area contributed by atoms with Crippen molar-refractivity contribution in [3.05, 3.63) is 63.1 Å². The van der Waals surface area contributed by atoms with Gasteiger partial charge in [0, 0.05) is 38.8 Å². The van der Waals surface area contributed by atoms with Crippen molar-refractivity contribution in [1.82, 2.24) is 28.9 Å². The van der Waals surface area contributed by atoms with Crippen LogP contribution in [-0.2, 0) is 6.42 Å². The normalized spacial score (nSPS) is 15.3. The zero-order valence-corrected chi connectivity index (χ0v) is 18.7. The highest BCUT2D eigenvalue weighted by Crippen LogP contribution is 2.25. The van der Waals surface area contributed by atoms with Gasteiger partial charge in [-0.2, -0.15) is 4.57 Å². The van der Waals surface area contributed by atoms with E-state index >= 15 is 0 Å². The highest BCUT2D eigenvalue weighted by Gasteiger charge is 2.27. The Morgan fingerprint density at radius 3 is 2.47 bits per heavy atom. The molecule has 1 N–H and O–H groups in total. The van der Waals surface area contributed by atoms with Gasteiger partial charge in [0.1, 0.15) is 0 Å². The van der Waals surface area contributed by atoms with E-state index in [-0.39, 0.29) is 11.6 Å². The van der Waals surface area contributed by atoms with Crippen molar-refractivity contribution >= 4 is 17.2 Å². The van der Waals surface area contributed by atoms with Gasteiger partial charge in [0.05, 0.1) is 6.33 Å². The maximum absolute atomic E-state index is 13.1. The summed E-state index contributed by atoms with van der Waals surface area (Å²) < 4.78 is 2.92. The fourth-order valence-corrected chi connectivity index (χ4v) is 4.48. The van der Waals surface area contributed by atoms with E-state index in [0.717, 1.165) is 43.5 Å². The van der Waals surface area contributed by atoms with Crippen LogP contribution in [0.1, 0.15) is 38.3 Å². The minimum absolute atomic E-state index is 0.0740. The third-order valence-electron chi connectivity index (χ3n) is 6.35. The Morgan fingerprint density at radius 1 is 1.12 bits per heavy atom. The number of fused-ring (bicyclic) bond motifs is 1. The number of aromatic nitrogens is 4. The predicted molar refractivity (Wildman–Crippen MR) is 123 cm³/mol. The number of hydrogen-bond acceptors (Lipinski definition) is 5. The number of nitrogens with one attached hydrogen (secondary N) is 1. The molecule has 1 saturated heterocycles. The lowest BCUT2D eigenvalue weighted by Gasteiger charge is -2.33. The summed E-state index contributed by atoms with van der Waals surface area (Å²) in [5.41, 5.74) is 0.456. The number of piperidine rings is 1. The Bertz CT molecular complexity index is 1180. The van der Waals surface area contributed by atoms with E-state index < -0.39 is 17.3 Å². The van der Waals surface area contributed by atoms with Crippen molar-refractivity contribution in [2.24, 2.45) is 0 Å². The van der Waals surface area contributed by atoms with Gasteiger partial charge < -0.3 is 14.4 Å². The van der Waals surface area contributed by atoms with E-state index in [1.54, 1.807) is 11.2 Å². The molecule has 3 aromatic rings. The minimum Gasteiger partial charge on any atom is -0.324 e. The van der Waals surface area contributed by atoms with Crippen LogP contribution in [-0.4, -0.2) is 67.7 Å². The Balaban J connectivity index is 1.57. The maximum Gasteiger partial charge on any atom is 0.338 e. The molecule has 1 aliphatic heterocycles. The monoisotopic (exact) mass is 438 g/mol. The van der Waals surface area contributed by atoms with Crippen molar-refractivity contribution in [3.63, 3.8) is 0 Å². The number of imidazole rings is 1. The Morgan fingerprint density at radius 2 is 1.81 bits per heavy atom. The van der Waals surface area contributed by atoms with Gasteiger partial charge in [-0.05, 0) is 38.7 Å². The van der Waals surface area contributed by atoms with Crippen LogP contribution in [0.5, 0.6) is 0 Å². The van der Waals surface area contributed by atoms with Gasteiger partial charge in [-0.15, -0.1) is 0 Å². The predicted octanol–water partition coefficient (Wildman–Crippen LogP) is 2.08. The summed E-state index contributed by atoms with van der Waals surface area (Å²) in [5, 5.41) is 0.